The fourth-order valence-corrected chi connectivity index (χ4v) is 27.2. The van der Waals surface area contributed by atoms with Crippen molar-refractivity contribution in [2.75, 3.05) is 19.6 Å². The zero-order chi connectivity index (χ0) is 100. The fourth-order valence-electron chi connectivity index (χ4n) is 27.2. The van der Waals surface area contributed by atoms with Crippen LogP contribution < -0.4 is 19.6 Å². The summed E-state index contributed by atoms with van der Waals surface area (Å²) in [6.45, 7) is 34.8. The lowest BCUT2D eigenvalue weighted by molar-refractivity contribution is 0.752. The van der Waals surface area contributed by atoms with E-state index in [-0.39, 0.29) is 5.92 Å². The lowest BCUT2D eigenvalue weighted by Crippen LogP contribution is -2.14. The minimum Gasteiger partial charge on any atom is -0.310 e. The molecule has 148 heavy (non-hydrogen) atoms. The molecule has 8 heterocycles. The van der Waals surface area contributed by atoms with Gasteiger partial charge in [-0.15, -0.1) is 0 Å². The summed E-state index contributed by atoms with van der Waals surface area (Å²) in [5.41, 5.74) is 50.5. The summed E-state index contributed by atoms with van der Waals surface area (Å²) in [5.74, 6) is 1.47. The van der Waals surface area contributed by atoms with Crippen molar-refractivity contribution in [1.82, 2.24) is 17.6 Å². The second-order valence-corrected chi connectivity index (χ2v) is 43.5. The summed E-state index contributed by atoms with van der Waals surface area (Å²) in [7, 11) is 0. The Hall–Kier alpha value is -17.2. The van der Waals surface area contributed by atoms with Gasteiger partial charge in [0.1, 0.15) is 0 Å². The smallest absolute Gasteiger partial charge is 0.0620 e. The Morgan fingerprint density at radius 3 is 0.804 bits per heavy atom. The quantitative estimate of drug-likeness (QED) is 0.0761. The SMILES string of the molecule is Cc1cc(N(c2cc(C)c(C(C)C)c(C)c2)c2ccc3c(c2)c2cccc4c5cc6c(cc5n3c24)c2cccc3c4cc(N(c5cc(C)c(C(C)C)c(C)c5)c5cc(C)c(C(C)Cc7cccc(-c8cccc(N(c9ccccc9)c9ccc%10c(c9)c9cccc%11c%12cc%13c(cc%12n%10c9%11)c9cccc%10c%11cc(N(c%12ccccc%12)c%12cccc(-c%14ccccc%14)c%12)ccc%11n%13c%109)c8)c7)cc5C)ccc4n6c32)c(C)cc1C(C)C. The summed E-state index contributed by atoms with van der Waals surface area (Å²) < 4.78 is 10.2. The number of benzene rings is 20. The van der Waals surface area contributed by atoms with Crippen LogP contribution >= 0.6 is 0 Å². The molecule has 0 aliphatic carbocycles. The van der Waals surface area contributed by atoms with E-state index in [1.54, 1.807) is 0 Å². The highest BCUT2D eigenvalue weighted by Crippen LogP contribution is 2.54. The molecule has 28 aromatic rings. The molecule has 0 amide bonds. The average molecular weight is 1910 g/mol. The molecule has 0 radical (unpaired) electrons. The molecule has 0 aliphatic rings. The molecule has 20 aromatic carbocycles. The molecule has 0 bridgehead atoms. The third-order valence-electron chi connectivity index (χ3n) is 33.2. The summed E-state index contributed by atoms with van der Waals surface area (Å²) in [6, 6.07) is 146. The van der Waals surface area contributed by atoms with Crippen LogP contribution in [0.2, 0.25) is 0 Å². The summed E-state index contributed by atoms with van der Waals surface area (Å²) in [4.78, 5) is 9.93. The zero-order valence-electron chi connectivity index (χ0n) is 86.5. The van der Waals surface area contributed by atoms with Crippen molar-refractivity contribution >= 4 is 221 Å². The molecule has 1 unspecified atom stereocenters. The molecule has 0 spiro atoms. The van der Waals surface area contributed by atoms with E-state index in [0.29, 0.717) is 17.8 Å². The molecule has 0 fully saturated rings. The van der Waals surface area contributed by atoms with Gasteiger partial charge < -0.3 is 37.2 Å². The highest BCUT2D eigenvalue weighted by atomic mass is 15.2. The summed E-state index contributed by atoms with van der Waals surface area (Å²) >= 11 is 0. The summed E-state index contributed by atoms with van der Waals surface area (Å²) in [5, 5.41) is 20.1. The molecular weight excluding hydrogens is 1790 g/mol. The van der Waals surface area contributed by atoms with Gasteiger partial charge in [0.2, 0.25) is 0 Å². The van der Waals surface area contributed by atoms with Crippen LogP contribution in [0, 0.1) is 55.4 Å². The number of aromatic nitrogens is 4. The molecule has 8 heteroatoms. The van der Waals surface area contributed by atoms with Crippen molar-refractivity contribution in [2.45, 2.75) is 134 Å². The lowest BCUT2D eigenvalue weighted by atomic mass is 9.88. The zero-order valence-corrected chi connectivity index (χ0v) is 86.5. The predicted octanol–water partition coefficient (Wildman–Crippen LogP) is 39.7. The predicted molar refractivity (Wildman–Crippen MR) is 633 cm³/mol. The van der Waals surface area contributed by atoms with Crippen LogP contribution in [0.15, 0.2) is 382 Å². The maximum atomic E-state index is 2.58. The van der Waals surface area contributed by atoms with Gasteiger partial charge in [-0.1, -0.05) is 249 Å². The van der Waals surface area contributed by atoms with E-state index in [9.17, 15) is 0 Å². The molecule has 28 rings (SSSR count). The average Bonchev–Trinajstić information content (AvgIpc) is 1.52. The molecule has 0 saturated carbocycles. The maximum Gasteiger partial charge on any atom is 0.0620 e. The molecule has 0 N–H and O–H groups in total. The highest BCUT2D eigenvalue weighted by molar-refractivity contribution is 6.32. The van der Waals surface area contributed by atoms with E-state index in [4.69, 9.17) is 0 Å². The molecule has 0 saturated heterocycles. The Kier molecular flexibility index (Phi) is 20.0. The van der Waals surface area contributed by atoms with Crippen LogP contribution in [0.5, 0.6) is 0 Å². The van der Waals surface area contributed by atoms with E-state index in [2.05, 4.69) is 523 Å². The van der Waals surface area contributed by atoms with Crippen LogP contribution in [0.4, 0.5) is 68.2 Å². The standard InChI is InChI=1S/C140H114N8/c1-80(2)115-65-86(10)129(67-84(115)8)143(105-61-88(12)135(81(3)4)89(13)62-105)103-54-58-127-119(74-103)109-46-30-50-113-123-79-134-124(78-133(123)147(127)139(109)113)114-51-31-47-110-120-75-104(55-59-128(120)148(134)140(110)114)144(106-63-90(14)136(82(5)6)91(15)64-106)130-68-85(9)116(66-87(130)11)83(7)60-92-32-25-35-94(69-92)96-37-27-43-100(71-96)142(98-40-23-18-24-41-98)102-53-57-126-118(73-102)108-45-29-49-112-122-76-131-121(77-132(122)146(126)138(108)112)111-48-28-44-107-117-72-101(52-56-125(117)145(131)137(107)111)141(97-38-21-17-22-39-97)99-42-26-36-95(70-99)93-33-19-16-20-34-93/h16-59,61-83H,60H2,1-15H3. The second-order valence-electron chi connectivity index (χ2n) is 43.5. The topological polar surface area (TPSA) is 30.6 Å². The first-order valence-corrected chi connectivity index (χ1v) is 52.9. The van der Waals surface area contributed by atoms with Gasteiger partial charge >= 0.3 is 0 Å². The van der Waals surface area contributed by atoms with E-state index in [0.717, 1.165) is 51.9 Å². The van der Waals surface area contributed by atoms with Gasteiger partial charge in [0.15, 0.2) is 0 Å². The Labute approximate surface area is 862 Å². The Balaban J connectivity index is 0.490. The van der Waals surface area contributed by atoms with Crippen LogP contribution in [-0.2, 0) is 6.42 Å². The van der Waals surface area contributed by atoms with Crippen molar-refractivity contribution in [3.05, 3.63) is 455 Å². The van der Waals surface area contributed by atoms with Crippen LogP contribution in [-0.4, -0.2) is 17.6 Å². The lowest BCUT2D eigenvalue weighted by Gasteiger charge is -2.30. The first kappa shape index (κ1) is 88.5. The summed E-state index contributed by atoms with van der Waals surface area (Å²) in [6.07, 6.45) is 0.881. The molecule has 714 valence electrons. The van der Waals surface area contributed by atoms with Crippen molar-refractivity contribution in [2.24, 2.45) is 0 Å². The Bertz CT molecular complexity index is 10300. The van der Waals surface area contributed by atoms with Crippen molar-refractivity contribution in [3.8, 4) is 22.3 Å². The van der Waals surface area contributed by atoms with Gasteiger partial charge in [-0.05, 0) is 362 Å². The number of hydrogen-bond acceptors (Lipinski definition) is 4. The first-order valence-electron chi connectivity index (χ1n) is 52.9. The van der Waals surface area contributed by atoms with E-state index < -0.39 is 0 Å². The van der Waals surface area contributed by atoms with Gasteiger partial charge in [-0.3, -0.25) is 0 Å². The number of anilines is 12. The minimum atomic E-state index is 0.221. The van der Waals surface area contributed by atoms with Crippen LogP contribution in [0.25, 0.3) is 175 Å². The van der Waals surface area contributed by atoms with Gasteiger partial charge in [0.25, 0.3) is 0 Å². The first-order chi connectivity index (χ1) is 72.1. The van der Waals surface area contributed by atoms with E-state index in [1.807, 2.05) is 0 Å². The van der Waals surface area contributed by atoms with Gasteiger partial charge in [0.05, 0.1) is 66.2 Å². The van der Waals surface area contributed by atoms with Gasteiger partial charge in [-0.2, -0.15) is 0 Å². The Morgan fingerprint density at radius 1 is 0.182 bits per heavy atom. The Morgan fingerprint density at radius 2 is 0.459 bits per heavy atom. The molecule has 8 nitrogen and oxygen atoms in total. The minimum absolute atomic E-state index is 0.221. The largest absolute Gasteiger partial charge is 0.310 e. The third-order valence-corrected chi connectivity index (χ3v) is 33.2. The molecular formula is C140H114N8. The number of rotatable bonds is 20. The number of nitrogens with zero attached hydrogens (tertiary/aromatic N) is 8. The van der Waals surface area contributed by atoms with Crippen LogP contribution in [0.3, 0.4) is 0 Å². The van der Waals surface area contributed by atoms with Crippen molar-refractivity contribution in [1.29, 1.82) is 0 Å². The van der Waals surface area contributed by atoms with Crippen molar-refractivity contribution < 1.29 is 0 Å². The van der Waals surface area contributed by atoms with Crippen LogP contribution in [0.1, 0.15) is 144 Å². The normalized spacial score (nSPS) is 12.6. The number of para-hydroxylation sites is 6. The van der Waals surface area contributed by atoms with Gasteiger partial charge in [0, 0.05) is 154 Å². The molecule has 8 aromatic heterocycles. The second kappa shape index (κ2) is 33.4. The molecule has 1 atom stereocenters. The van der Waals surface area contributed by atoms with E-state index in [1.165, 1.54) is 270 Å². The maximum absolute atomic E-state index is 2.58. The monoisotopic (exact) mass is 1910 g/mol. The fraction of sp³-hybridized carbons (Fsp3) is 0.143. The number of fused-ring (bicyclic) bond motifs is 24. The van der Waals surface area contributed by atoms with Crippen molar-refractivity contribution in [3.63, 3.8) is 0 Å². The third kappa shape index (κ3) is 13.4. The van der Waals surface area contributed by atoms with Gasteiger partial charge in [-0.25, -0.2) is 0 Å². The highest BCUT2D eigenvalue weighted by Gasteiger charge is 2.32. The van der Waals surface area contributed by atoms with E-state index >= 15 is 0 Å². The number of aryl methyl sites for hydroxylation is 8. The number of hydrogen-bond donors (Lipinski definition) is 0. The molecule has 0 aliphatic heterocycles.